The molecule has 0 aromatic heterocycles. The lowest BCUT2D eigenvalue weighted by atomic mass is 9.98. The van der Waals surface area contributed by atoms with Crippen LogP contribution in [0.5, 0.6) is 0 Å². The van der Waals surface area contributed by atoms with Gasteiger partial charge in [0.25, 0.3) is 0 Å². The molecule has 98 valence electrons. The first-order chi connectivity index (χ1) is 8.43. The molecular formula is C15H28N2. The Morgan fingerprint density at radius 3 is 2.41 bits per heavy atom. The summed E-state index contributed by atoms with van der Waals surface area (Å²) in [6, 6.07) is 0.747. The summed E-state index contributed by atoms with van der Waals surface area (Å²) in [6.45, 7) is 3.74. The van der Waals surface area contributed by atoms with E-state index in [0.717, 1.165) is 23.8 Å². The van der Waals surface area contributed by atoms with Crippen LogP contribution in [0.1, 0.15) is 51.4 Å². The van der Waals surface area contributed by atoms with Crippen LogP contribution in [0.2, 0.25) is 0 Å². The first-order valence-corrected chi connectivity index (χ1v) is 7.87. The molecule has 3 aliphatic rings. The molecular weight excluding hydrogens is 208 g/mol. The van der Waals surface area contributed by atoms with E-state index in [-0.39, 0.29) is 0 Å². The number of hydrogen-bond donors (Lipinski definition) is 2. The lowest BCUT2D eigenvalue weighted by molar-refractivity contribution is 0.362. The summed E-state index contributed by atoms with van der Waals surface area (Å²) in [7, 11) is 0. The van der Waals surface area contributed by atoms with Crippen molar-refractivity contribution in [2.24, 2.45) is 17.8 Å². The molecule has 1 atom stereocenters. The fraction of sp³-hybridized carbons (Fsp3) is 1.00. The molecule has 2 saturated carbocycles. The monoisotopic (exact) mass is 236 g/mol. The third-order valence-electron chi connectivity index (χ3n) is 4.89. The van der Waals surface area contributed by atoms with E-state index < -0.39 is 0 Å². The maximum absolute atomic E-state index is 3.76. The molecule has 1 heterocycles. The topological polar surface area (TPSA) is 24.1 Å². The van der Waals surface area contributed by atoms with Crippen molar-refractivity contribution in [2.75, 3.05) is 19.6 Å². The van der Waals surface area contributed by atoms with Crippen LogP contribution in [0.3, 0.4) is 0 Å². The highest BCUT2D eigenvalue weighted by molar-refractivity contribution is 4.92. The van der Waals surface area contributed by atoms with E-state index in [1.54, 1.807) is 0 Å². The molecule has 2 nitrogen and oxygen atoms in total. The van der Waals surface area contributed by atoms with Crippen molar-refractivity contribution in [3.63, 3.8) is 0 Å². The summed E-state index contributed by atoms with van der Waals surface area (Å²) in [4.78, 5) is 0. The molecule has 0 radical (unpaired) electrons. The molecule has 0 spiro atoms. The molecule has 2 aliphatic carbocycles. The van der Waals surface area contributed by atoms with Crippen LogP contribution in [0.4, 0.5) is 0 Å². The molecule has 3 rings (SSSR count). The van der Waals surface area contributed by atoms with Crippen molar-refractivity contribution in [3.8, 4) is 0 Å². The second kappa shape index (κ2) is 5.71. The van der Waals surface area contributed by atoms with Gasteiger partial charge in [-0.25, -0.2) is 0 Å². The zero-order valence-electron chi connectivity index (χ0n) is 11.1. The summed E-state index contributed by atoms with van der Waals surface area (Å²) in [5.41, 5.74) is 0. The highest BCUT2D eigenvalue weighted by Crippen LogP contribution is 2.48. The minimum absolute atomic E-state index is 0.747. The zero-order chi connectivity index (χ0) is 11.5. The van der Waals surface area contributed by atoms with Crippen LogP contribution in [0.25, 0.3) is 0 Å². The van der Waals surface area contributed by atoms with Gasteiger partial charge in [-0.2, -0.15) is 0 Å². The molecule has 1 aliphatic heterocycles. The van der Waals surface area contributed by atoms with Crippen molar-refractivity contribution < 1.29 is 0 Å². The molecule has 0 bridgehead atoms. The van der Waals surface area contributed by atoms with Crippen LogP contribution < -0.4 is 10.6 Å². The summed E-state index contributed by atoms with van der Waals surface area (Å²) < 4.78 is 0. The van der Waals surface area contributed by atoms with Gasteiger partial charge in [-0.05, 0) is 69.4 Å². The van der Waals surface area contributed by atoms with E-state index in [4.69, 9.17) is 0 Å². The molecule has 0 aromatic carbocycles. The van der Waals surface area contributed by atoms with Gasteiger partial charge in [-0.1, -0.05) is 12.8 Å². The van der Waals surface area contributed by atoms with E-state index in [1.807, 2.05) is 0 Å². The van der Waals surface area contributed by atoms with E-state index in [9.17, 15) is 0 Å². The zero-order valence-corrected chi connectivity index (χ0v) is 11.1. The van der Waals surface area contributed by atoms with E-state index in [2.05, 4.69) is 10.6 Å². The molecule has 0 amide bonds. The van der Waals surface area contributed by atoms with Gasteiger partial charge in [0, 0.05) is 12.6 Å². The van der Waals surface area contributed by atoms with Gasteiger partial charge in [0.15, 0.2) is 0 Å². The Morgan fingerprint density at radius 1 is 0.941 bits per heavy atom. The van der Waals surface area contributed by atoms with Crippen LogP contribution in [-0.2, 0) is 0 Å². The Morgan fingerprint density at radius 2 is 1.71 bits per heavy atom. The quantitative estimate of drug-likeness (QED) is 0.740. The van der Waals surface area contributed by atoms with Crippen LogP contribution >= 0.6 is 0 Å². The van der Waals surface area contributed by atoms with Gasteiger partial charge in [0.2, 0.25) is 0 Å². The van der Waals surface area contributed by atoms with Crippen LogP contribution in [0.15, 0.2) is 0 Å². The van der Waals surface area contributed by atoms with Gasteiger partial charge in [-0.15, -0.1) is 0 Å². The first-order valence-electron chi connectivity index (χ1n) is 7.87. The first kappa shape index (κ1) is 12.0. The predicted molar refractivity (Wildman–Crippen MR) is 72.1 cm³/mol. The number of rotatable bonds is 6. The molecule has 2 N–H and O–H groups in total. The van der Waals surface area contributed by atoms with Crippen molar-refractivity contribution in [1.82, 2.24) is 10.6 Å². The lowest BCUT2D eigenvalue weighted by Gasteiger charge is -2.20. The van der Waals surface area contributed by atoms with Gasteiger partial charge >= 0.3 is 0 Å². The highest BCUT2D eigenvalue weighted by atomic mass is 15.0. The van der Waals surface area contributed by atoms with Gasteiger partial charge in [0.1, 0.15) is 0 Å². The predicted octanol–water partition coefficient (Wildman–Crippen LogP) is 2.54. The second-order valence-electron chi connectivity index (χ2n) is 6.50. The van der Waals surface area contributed by atoms with Gasteiger partial charge < -0.3 is 10.6 Å². The van der Waals surface area contributed by atoms with Crippen molar-refractivity contribution in [1.29, 1.82) is 0 Å². The van der Waals surface area contributed by atoms with Crippen molar-refractivity contribution in [2.45, 2.75) is 57.4 Å². The molecule has 1 saturated heterocycles. The average Bonchev–Trinajstić information content (AvgIpc) is 3.22. The summed E-state index contributed by atoms with van der Waals surface area (Å²) in [5, 5.41) is 7.45. The maximum Gasteiger partial charge on any atom is 0.0192 e. The summed E-state index contributed by atoms with van der Waals surface area (Å²) in [6.07, 6.45) is 11.7. The van der Waals surface area contributed by atoms with E-state index in [0.29, 0.717) is 0 Å². The minimum Gasteiger partial charge on any atom is -0.315 e. The largest absolute Gasteiger partial charge is 0.315 e. The SMILES string of the molecule is C1CCNC(CNCC(C2CC2)C2CC2)CC1. The second-order valence-corrected chi connectivity index (χ2v) is 6.50. The molecule has 17 heavy (non-hydrogen) atoms. The summed E-state index contributed by atoms with van der Waals surface area (Å²) in [5.74, 6) is 3.22. The van der Waals surface area contributed by atoms with E-state index >= 15 is 0 Å². The highest BCUT2D eigenvalue weighted by Gasteiger charge is 2.40. The maximum atomic E-state index is 3.76. The Bertz CT molecular complexity index is 213. The standard InChI is InChI=1S/C15H28N2/c1-2-4-14(17-9-3-1)10-16-11-15(12-5-6-12)13-7-8-13/h12-17H,1-11H2. The fourth-order valence-corrected chi connectivity index (χ4v) is 3.47. The smallest absolute Gasteiger partial charge is 0.0192 e. The number of nitrogens with one attached hydrogen (secondary N) is 2. The van der Waals surface area contributed by atoms with Gasteiger partial charge in [-0.3, -0.25) is 0 Å². The average molecular weight is 236 g/mol. The van der Waals surface area contributed by atoms with Crippen molar-refractivity contribution in [3.05, 3.63) is 0 Å². The normalized spacial score (nSPS) is 30.5. The van der Waals surface area contributed by atoms with Gasteiger partial charge in [0.05, 0.1) is 0 Å². The Balaban J connectivity index is 1.35. The Kier molecular flexibility index (Phi) is 4.02. The number of hydrogen-bond acceptors (Lipinski definition) is 2. The molecule has 3 fully saturated rings. The van der Waals surface area contributed by atoms with Crippen LogP contribution in [0, 0.1) is 17.8 Å². The van der Waals surface area contributed by atoms with Crippen molar-refractivity contribution >= 4 is 0 Å². The Hall–Kier alpha value is -0.0800. The fourth-order valence-electron chi connectivity index (χ4n) is 3.47. The molecule has 2 heteroatoms. The molecule has 0 aromatic rings. The molecule has 1 unspecified atom stereocenters. The third-order valence-corrected chi connectivity index (χ3v) is 4.89. The van der Waals surface area contributed by atoms with E-state index in [1.165, 1.54) is 71.0 Å². The van der Waals surface area contributed by atoms with Crippen LogP contribution in [-0.4, -0.2) is 25.7 Å². The minimum atomic E-state index is 0.747. The Labute approximate surface area is 106 Å². The third kappa shape index (κ3) is 3.69. The lowest BCUT2D eigenvalue weighted by Crippen LogP contribution is -2.40. The summed E-state index contributed by atoms with van der Waals surface area (Å²) >= 11 is 0.